The molecular formula is C21H34IN3O3. The minimum Gasteiger partial charge on any atom is -0.384 e. The zero-order valence-corrected chi connectivity index (χ0v) is 19.4. The van der Waals surface area contributed by atoms with Gasteiger partial charge in [0, 0.05) is 52.9 Å². The number of aliphatic imine (C=N–C) groups is 1. The van der Waals surface area contributed by atoms with E-state index in [2.05, 4.69) is 39.5 Å². The number of hydrogen-bond acceptors (Lipinski definition) is 4. The lowest BCUT2D eigenvalue weighted by molar-refractivity contribution is -0.0390. The fourth-order valence-corrected chi connectivity index (χ4v) is 3.80. The van der Waals surface area contributed by atoms with E-state index in [9.17, 15) is 0 Å². The Labute approximate surface area is 186 Å². The number of guanidine groups is 1. The molecule has 2 aliphatic heterocycles. The molecule has 7 heteroatoms. The average Bonchev–Trinajstić information content (AvgIpc) is 3.17. The lowest BCUT2D eigenvalue weighted by Crippen LogP contribution is -2.39. The number of nitrogens with zero attached hydrogens (tertiary/aromatic N) is 2. The molecule has 158 valence electrons. The van der Waals surface area contributed by atoms with Crippen molar-refractivity contribution in [2.75, 3.05) is 47.1 Å². The predicted octanol–water partition coefficient (Wildman–Crippen LogP) is 3.04. The summed E-state index contributed by atoms with van der Waals surface area (Å²) in [7, 11) is 3.62. The van der Waals surface area contributed by atoms with Gasteiger partial charge < -0.3 is 24.4 Å². The van der Waals surface area contributed by atoms with Crippen LogP contribution in [0.1, 0.15) is 30.4 Å². The van der Waals surface area contributed by atoms with E-state index in [1.165, 1.54) is 11.1 Å². The molecule has 2 aliphatic rings. The summed E-state index contributed by atoms with van der Waals surface area (Å²) in [5, 5.41) is 3.50. The van der Waals surface area contributed by atoms with Gasteiger partial charge in [0.05, 0.1) is 19.3 Å². The minimum absolute atomic E-state index is 0. The van der Waals surface area contributed by atoms with Crippen molar-refractivity contribution in [3.63, 3.8) is 0 Å². The van der Waals surface area contributed by atoms with Crippen LogP contribution in [0.3, 0.4) is 0 Å². The largest absolute Gasteiger partial charge is 0.384 e. The Balaban J connectivity index is 0.00000280. The Morgan fingerprint density at radius 3 is 2.79 bits per heavy atom. The van der Waals surface area contributed by atoms with E-state index in [1.807, 2.05) is 7.05 Å². The monoisotopic (exact) mass is 503 g/mol. The third-order valence-corrected chi connectivity index (χ3v) is 5.30. The van der Waals surface area contributed by atoms with E-state index in [-0.39, 0.29) is 24.0 Å². The molecule has 1 aromatic carbocycles. The summed E-state index contributed by atoms with van der Waals surface area (Å²) >= 11 is 0. The van der Waals surface area contributed by atoms with Gasteiger partial charge in [-0.3, -0.25) is 4.99 Å². The highest BCUT2D eigenvalue weighted by molar-refractivity contribution is 14.0. The van der Waals surface area contributed by atoms with E-state index in [4.69, 9.17) is 14.2 Å². The smallest absolute Gasteiger partial charge is 0.193 e. The molecule has 28 heavy (non-hydrogen) atoms. The van der Waals surface area contributed by atoms with Crippen LogP contribution in [0.15, 0.2) is 29.3 Å². The van der Waals surface area contributed by atoms with Crippen LogP contribution in [-0.2, 0) is 27.4 Å². The zero-order valence-electron chi connectivity index (χ0n) is 17.1. The number of nitrogens with one attached hydrogen (secondary N) is 1. The van der Waals surface area contributed by atoms with Gasteiger partial charge in [-0.15, -0.1) is 24.0 Å². The molecule has 3 rings (SSSR count). The first-order valence-corrected chi connectivity index (χ1v) is 10.00. The lowest BCUT2D eigenvalue weighted by Gasteiger charge is -2.23. The first kappa shape index (κ1) is 23.4. The van der Waals surface area contributed by atoms with Gasteiger partial charge in [-0.05, 0) is 30.4 Å². The molecule has 2 fully saturated rings. The van der Waals surface area contributed by atoms with Crippen LogP contribution in [0.5, 0.6) is 0 Å². The maximum absolute atomic E-state index is 6.04. The predicted molar refractivity (Wildman–Crippen MR) is 122 cm³/mol. The molecule has 0 spiro atoms. The second kappa shape index (κ2) is 12.6. The number of methoxy groups -OCH3 is 1. The van der Waals surface area contributed by atoms with Crippen LogP contribution in [-0.4, -0.2) is 64.0 Å². The van der Waals surface area contributed by atoms with Crippen LogP contribution in [0.4, 0.5) is 0 Å². The van der Waals surface area contributed by atoms with Crippen molar-refractivity contribution in [2.24, 2.45) is 10.9 Å². The molecule has 2 heterocycles. The minimum atomic E-state index is 0. The van der Waals surface area contributed by atoms with E-state index in [0.717, 1.165) is 64.7 Å². The Morgan fingerprint density at radius 1 is 1.25 bits per heavy atom. The van der Waals surface area contributed by atoms with Crippen molar-refractivity contribution < 1.29 is 14.2 Å². The molecule has 0 radical (unpaired) electrons. The van der Waals surface area contributed by atoms with Crippen LogP contribution >= 0.6 is 24.0 Å². The maximum atomic E-state index is 6.04. The molecule has 1 N–H and O–H groups in total. The number of rotatable bonds is 7. The SMILES string of the molecule is CN=C(NCc1cccc(COC2CCOCC2)c1)N1CCC(COC)C1.I. The highest BCUT2D eigenvalue weighted by Crippen LogP contribution is 2.17. The Hall–Kier alpha value is -0.900. The highest BCUT2D eigenvalue weighted by atomic mass is 127. The van der Waals surface area contributed by atoms with Crippen LogP contribution in [0, 0.1) is 5.92 Å². The van der Waals surface area contributed by atoms with Gasteiger partial charge >= 0.3 is 0 Å². The van der Waals surface area contributed by atoms with Crippen molar-refractivity contribution in [1.29, 1.82) is 0 Å². The van der Waals surface area contributed by atoms with E-state index in [1.54, 1.807) is 7.11 Å². The van der Waals surface area contributed by atoms with Gasteiger partial charge in [-0.2, -0.15) is 0 Å². The van der Waals surface area contributed by atoms with Crippen LogP contribution < -0.4 is 5.32 Å². The van der Waals surface area contributed by atoms with Gasteiger partial charge in [0.2, 0.25) is 0 Å². The standard InChI is InChI=1S/C21H33N3O3.HI/c1-22-21(24-9-6-19(14-24)15-25-2)23-13-17-4-3-5-18(12-17)16-27-20-7-10-26-11-8-20;/h3-5,12,19-20H,6-11,13-16H2,1-2H3,(H,22,23);1H. The lowest BCUT2D eigenvalue weighted by atomic mass is 10.1. The van der Waals surface area contributed by atoms with Crippen molar-refractivity contribution in [2.45, 2.75) is 38.5 Å². The second-order valence-electron chi connectivity index (χ2n) is 7.40. The molecule has 1 unspecified atom stereocenters. The van der Waals surface area contributed by atoms with Crippen molar-refractivity contribution in [1.82, 2.24) is 10.2 Å². The third kappa shape index (κ3) is 7.17. The summed E-state index contributed by atoms with van der Waals surface area (Å²) in [6.45, 7) is 5.92. The summed E-state index contributed by atoms with van der Waals surface area (Å²) in [6.07, 6.45) is 3.48. The van der Waals surface area contributed by atoms with Crippen molar-refractivity contribution in [3.05, 3.63) is 35.4 Å². The quantitative estimate of drug-likeness (QED) is 0.352. The average molecular weight is 503 g/mol. The summed E-state index contributed by atoms with van der Waals surface area (Å²) in [4.78, 5) is 6.77. The summed E-state index contributed by atoms with van der Waals surface area (Å²) in [6, 6.07) is 8.60. The van der Waals surface area contributed by atoms with E-state index < -0.39 is 0 Å². The van der Waals surface area contributed by atoms with Gasteiger partial charge in [0.25, 0.3) is 0 Å². The molecule has 6 nitrogen and oxygen atoms in total. The van der Waals surface area contributed by atoms with E-state index >= 15 is 0 Å². The second-order valence-corrected chi connectivity index (χ2v) is 7.40. The first-order valence-electron chi connectivity index (χ1n) is 10.00. The summed E-state index contributed by atoms with van der Waals surface area (Å²) in [5.41, 5.74) is 2.47. The van der Waals surface area contributed by atoms with Gasteiger partial charge in [0.15, 0.2) is 5.96 Å². The molecule has 2 saturated heterocycles. The van der Waals surface area contributed by atoms with Gasteiger partial charge in [-0.25, -0.2) is 0 Å². The molecule has 0 saturated carbocycles. The number of likely N-dealkylation sites (tertiary alicyclic amines) is 1. The third-order valence-electron chi connectivity index (χ3n) is 5.30. The first-order chi connectivity index (χ1) is 13.3. The molecule has 0 aliphatic carbocycles. The summed E-state index contributed by atoms with van der Waals surface area (Å²) < 4.78 is 16.7. The number of benzene rings is 1. The molecule has 0 amide bonds. The summed E-state index contributed by atoms with van der Waals surface area (Å²) in [5.74, 6) is 1.57. The molecule has 0 aromatic heterocycles. The molecular weight excluding hydrogens is 469 g/mol. The topological polar surface area (TPSA) is 55.3 Å². The maximum Gasteiger partial charge on any atom is 0.193 e. The normalized spacial score (nSPS) is 20.9. The molecule has 1 atom stereocenters. The Morgan fingerprint density at radius 2 is 2.04 bits per heavy atom. The fraction of sp³-hybridized carbons (Fsp3) is 0.667. The van der Waals surface area contributed by atoms with Crippen molar-refractivity contribution >= 4 is 29.9 Å². The Bertz CT molecular complexity index is 608. The number of ether oxygens (including phenoxy) is 3. The molecule has 0 bridgehead atoms. The molecule has 1 aromatic rings. The van der Waals surface area contributed by atoms with Crippen molar-refractivity contribution in [3.8, 4) is 0 Å². The Kier molecular flexibility index (Phi) is 10.5. The zero-order chi connectivity index (χ0) is 18.9. The van der Waals surface area contributed by atoms with Crippen LogP contribution in [0.25, 0.3) is 0 Å². The van der Waals surface area contributed by atoms with Gasteiger partial charge in [0.1, 0.15) is 0 Å². The fourth-order valence-electron chi connectivity index (χ4n) is 3.80. The number of halogens is 1. The van der Waals surface area contributed by atoms with E-state index in [0.29, 0.717) is 18.6 Å². The highest BCUT2D eigenvalue weighted by Gasteiger charge is 2.24. The van der Waals surface area contributed by atoms with Gasteiger partial charge in [-0.1, -0.05) is 24.3 Å². The van der Waals surface area contributed by atoms with Crippen LogP contribution in [0.2, 0.25) is 0 Å². The number of hydrogen-bond donors (Lipinski definition) is 1.